The van der Waals surface area contributed by atoms with E-state index in [9.17, 15) is 19.1 Å². The topological polar surface area (TPSA) is 107 Å². The highest BCUT2D eigenvalue weighted by Crippen LogP contribution is 2.43. The molecule has 4 heterocycles. The molecule has 0 saturated carbocycles. The van der Waals surface area contributed by atoms with E-state index < -0.39 is 12.0 Å². The number of nitrogens with one attached hydrogen (secondary N) is 2. The van der Waals surface area contributed by atoms with E-state index in [-0.39, 0.29) is 17.5 Å². The number of pyridine rings is 1. The highest BCUT2D eigenvalue weighted by atomic mass is 32.1. The Morgan fingerprint density at radius 1 is 0.939 bits per heavy atom. The summed E-state index contributed by atoms with van der Waals surface area (Å²) in [5.41, 5.74) is 6.23. The summed E-state index contributed by atoms with van der Waals surface area (Å²) in [5, 5.41) is 17.5. The van der Waals surface area contributed by atoms with Crippen molar-refractivity contribution in [2.24, 2.45) is 0 Å². The Kier molecular flexibility index (Phi) is 9.13. The number of hydrogen-bond donors (Lipinski definition) is 3. The monoisotopic (exact) mass is 677 g/mol. The maximum atomic E-state index is 14.4. The number of nitrogens with zero attached hydrogens (tertiary/aromatic N) is 3. The molecule has 3 aromatic carbocycles. The van der Waals surface area contributed by atoms with Crippen molar-refractivity contribution in [1.29, 1.82) is 0 Å². The van der Waals surface area contributed by atoms with Gasteiger partial charge in [0.15, 0.2) is 12.0 Å². The van der Waals surface area contributed by atoms with E-state index in [0.717, 1.165) is 33.1 Å². The number of fused-ring (bicyclic) bond motifs is 3. The zero-order valence-electron chi connectivity index (χ0n) is 27.2. The van der Waals surface area contributed by atoms with Crippen molar-refractivity contribution < 1.29 is 23.8 Å². The van der Waals surface area contributed by atoms with Crippen LogP contribution in [0.2, 0.25) is 0 Å². The van der Waals surface area contributed by atoms with Crippen LogP contribution in [0.5, 0.6) is 0 Å². The summed E-state index contributed by atoms with van der Waals surface area (Å²) in [7, 11) is 0. The number of para-hydroxylation sites is 2. The molecule has 49 heavy (non-hydrogen) atoms. The lowest BCUT2D eigenvalue weighted by atomic mass is 10.1. The zero-order valence-corrected chi connectivity index (χ0v) is 28.0. The average Bonchev–Trinajstić information content (AvgIpc) is 3.48. The number of aryl methyl sites for hydroxylation is 2. The van der Waals surface area contributed by atoms with Crippen LogP contribution in [0.4, 0.5) is 27.3 Å². The van der Waals surface area contributed by atoms with Gasteiger partial charge in [-0.1, -0.05) is 42.5 Å². The number of carbonyl (C=O) groups excluding carboxylic acids is 2. The van der Waals surface area contributed by atoms with Crippen LogP contribution < -0.4 is 20.4 Å². The zero-order chi connectivity index (χ0) is 34.1. The number of aliphatic hydroxyl groups excluding tert-OH is 1. The summed E-state index contributed by atoms with van der Waals surface area (Å²) in [5.74, 6) is -0.384. The van der Waals surface area contributed by atoms with Crippen molar-refractivity contribution in [3.63, 3.8) is 0 Å². The summed E-state index contributed by atoms with van der Waals surface area (Å²) >= 11 is 1.36. The van der Waals surface area contributed by atoms with Crippen LogP contribution in [0, 0.1) is 19.7 Å². The maximum Gasteiger partial charge on any atom is 0.265 e. The molecule has 11 heteroatoms. The standard InChI is InChI=1S/C38H36FN5O4S/c1-23-20-30(35(40-22-23)43-16-18-48-19-17-43)41-36(45)25-10-12-26(13-11-25)38(47)44-15-14-27-21-32(49-34(27)28-7-3-4-9-31(28)44)37(46)42-33-24(2)6-5-8-29(33)39/h3-13,20-22,38,47H,14-19H2,1-2H3,(H,41,45)(H,42,46). The minimum absolute atomic E-state index is 0.180. The molecule has 1 unspecified atom stereocenters. The lowest BCUT2D eigenvalue weighted by Crippen LogP contribution is -2.37. The fourth-order valence-corrected chi connectivity index (χ4v) is 7.45. The van der Waals surface area contributed by atoms with Gasteiger partial charge >= 0.3 is 0 Å². The minimum atomic E-state index is -0.979. The molecular weight excluding hydrogens is 642 g/mol. The van der Waals surface area contributed by atoms with Gasteiger partial charge in [0, 0.05) is 53.1 Å². The summed E-state index contributed by atoms with van der Waals surface area (Å²) < 4.78 is 19.9. The van der Waals surface area contributed by atoms with Crippen molar-refractivity contribution in [3.05, 3.63) is 124 Å². The molecule has 1 saturated heterocycles. The van der Waals surface area contributed by atoms with E-state index in [1.165, 1.54) is 17.4 Å². The van der Waals surface area contributed by atoms with Gasteiger partial charge in [0.2, 0.25) is 0 Å². The number of halogens is 1. The predicted molar refractivity (Wildman–Crippen MR) is 191 cm³/mol. The number of amides is 2. The molecule has 9 nitrogen and oxygen atoms in total. The van der Waals surface area contributed by atoms with Crippen molar-refractivity contribution in [1.82, 2.24) is 4.98 Å². The molecule has 1 atom stereocenters. The predicted octanol–water partition coefficient (Wildman–Crippen LogP) is 6.96. The number of rotatable bonds is 7. The second-order valence-electron chi connectivity index (χ2n) is 12.2. The van der Waals surface area contributed by atoms with E-state index in [1.807, 2.05) is 48.2 Å². The number of benzene rings is 3. The van der Waals surface area contributed by atoms with Gasteiger partial charge in [0.05, 0.1) is 29.5 Å². The highest BCUT2D eigenvalue weighted by molar-refractivity contribution is 7.17. The molecule has 2 amide bonds. The number of anilines is 4. The van der Waals surface area contributed by atoms with Gasteiger partial charge in [0.1, 0.15) is 5.82 Å². The molecule has 5 aromatic rings. The number of hydrogen-bond acceptors (Lipinski definition) is 8. The number of aromatic nitrogens is 1. The van der Waals surface area contributed by atoms with Crippen LogP contribution in [0.1, 0.15) is 48.5 Å². The van der Waals surface area contributed by atoms with E-state index in [4.69, 9.17) is 4.74 Å². The summed E-state index contributed by atoms with van der Waals surface area (Å²) in [6.07, 6.45) is 1.40. The number of ether oxygens (including phenoxy) is 1. The van der Waals surface area contributed by atoms with Crippen LogP contribution in [0.25, 0.3) is 10.4 Å². The van der Waals surface area contributed by atoms with Crippen LogP contribution in [-0.2, 0) is 11.2 Å². The van der Waals surface area contributed by atoms with Crippen molar-refractivity contribution >= 4 is 46.0 Å². The molecule has 250 valence electrons. The smallest absolute Gasteiger partial charge is 0.265 e. The van der Waals surface area contributed by atoms with Crippen molar-refractivity contribution in [2.75, 3.05) is 53.3 Å². The second-order valence-corrected chi connectivity index (χ2v) is 13.3. The first-order valence-electron chi connectivity index (χ1n) is 16.2. The lowest BCUT2D eigenvalue weighted by molar-refractivity contribution is 0.102. The van der Waals surface area contributed by atoms with Crippen LogP contribution in [0.15, 0.2) is 85.1 Å². The largest absolute Gasteiger partial charge is 0.378 e. The van der Waals surface area contributed by atoms with Gasteiger partial charge in [-0.2, -0.15) is 0 Å². The molecule has 3 N–H and O–H groups in total. The molecular formula is C38H36FN5O4S. The quantitative estimate of drug-likeness (QED) is 0.171. The van der Waals surface area contributed by atoms with Gasteiger partial charge in [-0.05, 0) is 73.4 Å². The Morgan fingerprint density at radius 2 is 1.71 bits per heavy atom. The Bertz CT molecular complexity index is 2010. The fourth-order valence-electron chi connectivity index (χ4n) is 6.31. The normalized spacial score (nSPS) is 14.8. The second kappa shape index (κ2) is 13.8. The first kappa shape index (κ1) is 32.4. The number of carbonyl (C=O) groups is 2. The SMILES string of the molecule is Cc1cnc(N2CCOCC2)c(NC(=O)c2ccc(C(O)N3CCc4cc(C(=O)Nc5c(C)cccc5F)sc4-c4ccccc43)cc2)c1. The first-order chi connectivity index (χ1) is 23.8. The van der Waals surface area contributed by atoms with Gasteiger partial charge in [0.25, 0.3) is 11.8 Å². The molecule has 0 spiro atoms. The fraction of sp³-hybridized carbons (Fsp3) is 0.237. The lowest BCUT2D eigenvalue weighted by Gasteiger charge is -2.30. The molecule has 0 radical (unpaired) electrons. The Balaban J connectivity index is 1.09. The van der Waals surface area contributed by atoms with Crippen molar-refractivity contribution in [3.8, 4) is 10.4 Å². The third-order valence-electron chi connectivity index (χ3n) is 8.90. The molecule has 2 aliphatic heterocycles. The van der Waals surface area contributed by atoms with E-state index >= 15 is 0 Å². The maximum absolute atomic E-state index is 14.4. The van der Waals surface area contributed by atoms with E-state index in [0.29, 0.717) is 66.5 Å². The first-order valence-corrected chi connectivity index (χ1v) is 17.0. The third kappa shape index (κ3) is 6.65. The summed E-state index contributed by atoms with van der Waals surface area (Å²) in [4.78, 5) is 36.6. The van der Waals surface area contributed by atoms with E-state index in [1.54, 1.807) is 49.5 Å². The molecule has 2 aliphatic rings. The molecule has 0 aliphatic carbocycles. The Labute approximate surface area is 288 Å². The molecule has 7 rings (SSSR count). The molecule has 0 bridgehead atoms. The van der Waals surface area contributed by atoms with Gasteiger partial charge in [-0.3, -0.25) is 9.59 Å². The number of thiophene rings is 1. The van der Waals surface area contributed by atoms with Gasteiger partial charge in [-0.25, -0.2) is 9.37 Å². The van der Waals surface area contributed by atoms with Gasteiger partial charge in [-0.15, -0.1) is 11.3 Å². The van der Waals surface area contributed by atoms with Crippen LogP contribution >= 0.6 is 11.3 Å². The summed E-state index contributed by atoms with van der Waals surface area (Å²) in [6, 6.07) is 23.3. The number of aliphatic hydroxyl groups is 1. The van der Waals surface area contributed by atoms with E-state index in [2.05, 4.69) is 20.5 Å². The number of morpholine rings is 1. The van der Waals surface area contributed by atoms with Gasteiger partial charge < -0.3 is 30.3 Å². The van der Waals surface area contributed by atoms with Crippen LogP contribution in [-0.4, -0.2) is 54.8 Å². The average molecular weight is 678 g/mol. The third-order valence-corrected chi connectivity index (χ3v) is 10.1. The molecule has 2 aromatic heterocycles. The Hall–Kier alpha value is -5.10. The highest BCUT2D eigenvalue weighted by Gasteiger charge is 2.28. The molecule has 1 fully saturated rings. The van der Waals surface area contributed by atoms with Crippen molar-refractivity contribution in [2.45, 2.75) is 26.5 Å². The Morgan fingerprint density at radius 3 is 2.49 bits per heavy atom. The minimum Gasteiger partial charge on any atom is -0.378 e. The summed E-state index contributed by atoms with van der Waals surface area (Å²) in [6.45, 7) is 6.80. The van der Waals surface area contributed by atoms with Crippen LogP contribution in [0.3, 0.4) is 0 Å².